The number of methoxy groups -OCH3 is 1. The zero-order valence-corrected chi connectivity index (χ0v) is 12.4. The van der Waals surface area contributed by atoms with Gasteiger partial charge in [0, 0.05) is 7.11 Å². The van der Waals surface area contributed by atoms with Gasteiger partial charge in [0.05, 0.1) is 13.2 Å². The Morgan fingerprint density at radius 1 is 1.41 bits per heavy atom. The number of carbonyl (C=O) groups is 2. The Kier molecular flexibility index (Phi) is 4.47. The molecule has 2 amide bonds. The van der Waals surface area contributed by atoms with Crippen LogP contribution in [0.1, 0.15) is 5.56 Å². The number of carbonyl (C=O) groups excluding carboxylic acids is 2. The average Bonchev–Trinajstić information content (AvgIpc) is 2.46. The average molecular weight is 330 g/mol. The van der Waals surface area contributed by atoms with E-state index in [1.54, 1.807) is 24.3 Å². The van der Waals surface area contributed by atoms with E-state index in [-0.39, 0.29) is 10.9 Å². The smallest absolute Gasteiger partial charge is 0.358 e. The highest BCUT2D eigenvalue weighted by molar-refractivity contribution is 7.84. The summed E-state index contributed by atoms with van der Waals surface area (Å²) in [6.45, 7) is -0.565. The molecular weight excluding hydrogens is 316 g/mol. The predicted molar refractivity (Wildman–Crippen MR) is 72.4 cm³/mol. The van der Waals surface area contributed by atoms with Crippen LogP contribution in [0.5, 0.6) is 0 Å². The molecule has 1 saturated heterocycles. The number of benzene rings is 1. The van der Waals surface area contributed by atoms with Crippen LogP contribution in [0.4, 0.5) is 0 Å². The van der Waals surface area contributed by atoms with Gasteiger partial charge in [-0.1, -0.05) is 30.3 Å². The van der Waals surface area contributed by atoms with E-state index in [0.717, 1.165) is 12.7 Å². The Hall–Kier alpha value is -2.01. The summed E-state index contributed by atoms with van der Waals surface area (Å²) in [4.78, 5) is 28.7. The number of rotatable bonds is 6. The Labute approximate surface area is 126 Å². The van der Waals surface area contributed by atoms with Gasteiger partial charge in [0.15, 0.2) is 0 Å². The number of nitrogens with one attached hydrogen (secondary N) is 1. The van der Waals surface area contributed by atoms with E-state index in [0.29, 0.717) is 0 Å². The first-order chi connectivity index (χ1) is 10.3. The van der Waals surface area contributed by atoms with Crippen LogP contribution in [0.15, 0.2) is 30.3 Å². The van der Waals surface area contributed by atoms with Crippen LogP contribution in [-0.2, 0) is 36.1 Å². The minimum Gasteiger partial charge on any atom is -0.358 e. The highest BCUT2D eigenvalue weighted by Crippen LogP contribution is 2.29. The SMILES string of the molecule is COC1(C(=O)NOCc2ccccc2)CN(S(=O)(=O)O)C1=O. The molecule has 0 aromatic heterocycles. The van der Waals surface area contributed by atoms with Crippen LogP contribution < -0.4 is 5.48 Å². The lowest BCUT2D eigenvalue weighted by Gasteiger charge is -2.42. The number of hydroxylamine groups is 1. The normalized spacial score (nSPS) is 21.4. The molecule has 0 saturated carbocycles. The zero-order valence-electron chi connectivity index (χ0n) is 11.6. The fourth-order valence-corrected chi connectivity index (χ4v) is 2.60. The van der Waals surface area contributed by atoms with Crippen molar-refractivity contribution in [3.05, 3.63) is 35.9 Å². The summed E-state index contributed by atoms with van der Waals surface area (Å²) < 4.78 is 35.5. The molecule has 2 rings (SSSR count). The lowest BCUT2D eigenvalue weighted by molar-refractivity contribution is -0.185. The molecule has 1 atom stereocenters. The van der Waals surface area contributed by atoms with Crippen molar-refractivity contribution in [3.8, 4) is 0 Å². The fraction of sp³-hybridized carbons (Fsp3) is 0.333. The Bertz CT molecular complexity index is 676. The van der Waals surface area contributed by atoms with Crippen LogP contribution in [0, 0.1) is 0 Å². The second-order valence-corrected chi connectivity index (χ2v) is 5.86. The standard InChI is InChI=1S/C12H14N2O7S/c1-20-12(8-14(11(12)16)22(17,18)19)10(15)13-21-7-9-5-3-2-4-6-9/h2-6H,7-8H2,1H3,(H,13,15)(H,17,18,19). The fourth-order valence-electron chi connectivity index (χ4n) is 1.89. The van der Waals surface area contributed by atoms with Crippen molar-refractivity contribution < 1.29 is 32.1 Å². The molecule has 9 nitrogen and oxygen atoms in total. The van der Waals surface area contributed by atoms with E-state index in [2.05, 4.69) is 0 Å². The van der Waals surface area contributed by atoms with Gasteiger partial charge in [0.25, 0.3) is 11.8 Å². The van der Waals surface area contributed by atoms with Gasteiger partial charge in [-0.3, -0.25) is 19.0 Å². The molecule has 0 bridgehead atoms. The van der Waals surface area contributed by atoms with Crippen molar-refractivity contribution in [3.63, 3.8) is 0 Å². The molecule has 0 aliphatic carbocycles. The molecule has 1 heterocycles. The monoisotopic (exact) mass is 330 g/mol. The largest absolute Gasteiger partial charge is 0.362 e. The number of hydrogen-bond acceptors (Lipinski definition) is 6. The van der Waals surface area contributed by atoms with Crippen LogP contribution in [0.3, 0.4) is 0 Å². The van der Waals surface area contributed by atoms with Gasteiger partial charge in [-0.25, -0.2) is 9.79 Å². The number of amides is 2. The minimum absolute atomic E-state index is 0.0581. The molecule has 120 valence electrons. The molecular formula is C12H14N2O7S. The molecule has 2 N–H and O–H groups in total. The third-order valence-electron chi connectivity index (χ3n) is 3.18. The van der Waals surface area contributed by atoms with Crippen molar-refractivity contribution in [1.82, 2.24) is 9.79 Å². The van der Waals surface area contributed by atoms with Crippen LogP contribution in [0.2, 0.25) is 0 Å². The van der Waals surface area contributed by atoms with Crippen molar-refractivity contribution >= 4 is 22.1 Å². The van der Waals surface area contributed by atoms with Crippen molar-refractivity contribution in [1.29, 1.82) is 0 Å². The Morgan fingerprint density at radius 3 is 2.55 bits per heavy atom. The van der Waals surface area contributed by atoms with Crippen LogP contribution >= 0.6 is 0 Å². The Balaban J connectivity index is 1.95. The third-order valence-corrected chi connectivity index (χ3v) is 4.03. The molecule has 1 unspecified atom stereocenters. The van der Waals surface area contributed by atoms with Gasteiger partial charge in [-0.2, -0.15) is 8.42 Å². The molecule has 1 aliphatic rings. The molecule has 1 aliphatic heterocycles. The number of β-lactam (4-membered cyclic amide) rings is 1. The van der Waals surface area contributed by atoms with Crippen LogP contribution in [0.25, 0.3) is 0 Å². The summed E-state index contributed by atoms with van der Waals surface area (Å²) >= 11 is 0. The van der Waals surface area contributed by atoms with Crippen molar-refractivity contribution in [2.24, 2.45) is 0 Å². The Morgan fingerprint density at radius 2 is 2.05 bits per heavy atom. The second kappa shape index (κ2) is 6.01. The van der Waals surface area contributed by atoms with Gasteiger partial charge in [-0.15, -0.1) is 0 Å². The summed E-state index contributed by atoms with van der Waals surface area (Å²) in [7, 11) is -3.63. The van der Waals surface area contributed by atoms with Crippen LogP contribution in [-0.4, -0.2) is 48.3 Å². The van der Waals surface area contributed by atoms with Crippen molar-refractivity contribution in [2.75, 3.05) is 13.7 Å². The van der Waals surface area contributed by atoms with Gasteiger partial charge < -0.3 is 4.74 Å². The lowest BCUT2D eigenvalue weighted by atomic mass is 9.94. The van der Waals surface area contributed by atoms with Gasteiger partial charge in [-0.05, 0) is 5.56 Å². The zero-order chi connectivity index (χ0) is 16.4. The highest BCUT2D eigenvalue weighted by atomic mass is 32.2. The highest BCUT2D eigenvalue weighted by Gasteiger charge is 2.62. The number of hydrogen-bond donors (Lipinski definition) is 2. The first-order valence-electron chi connectivity index (χ1n) is 6.12. The summed E-state index contributed by atoms with van der Waals surface area (Å²) in [6, 6.07) is 8.94. The number of ether oxygens (including phenoxy) is 1. The van der Waals surface area contributed by atoms with E-state index in [4.69, 9.17) is 14.1 Å². The topological polar surface area (TPSA) is 122 Å². The molecule has 0 radical (unpaired) electrons. The maximum Gasteiger partial charge on any atom is 0.362 e. The van der Waals surface area contributed by atoms with Gasteiger partial charge in [0.2, 0.25) is 5.60 Å². The summed E-state index contributed by atoms with van der Waals surface area (Å²) in [5.74, 6) is -2.13. The molecule has 1 aromatic rings. The summed E-state index contributed by atoms with van der Waals surface area (Å²) in [6.07, 6.45) is 0. The second-order valence-electron chi connectivity index (χ2n) is 4.53. The van der Waals surface area contributed by atoms with E-state index in [1.807, 2.05) is 11.5 Å². The first kappa shape index (κ1) is 16.4. The molecule has 1 fully saturated rings. The molecule has 0 spiro atoms. The number of nitrogens with zero attached hydrogens (tertiary/aromatic N) is 1. The lowest BCUT2D eigenvalue weighted by Crippen LogP contribution is -2.74. The third kappa shape index (κ3) is 2.95. The van der Waals surface area contributed by atoms with E-state index >= 15 is 0 Å². The van der Waals surface area contributed by atoms with E-state index < -0.39 is 34.3 Å². The summed E-state index contributed by atoms with van der Waals surface area (Å²) in [5.41, 5.74) is 0.804. The van der Waals surface area contributed by atoms with Crippen molar-refractivity contribution in [2.45, 2.75) is 12.2 Å². The first-order valence-corrected chi connectivity index (χ1v) is 7.52. The van der Waals surface area contributed by atoms with E-state index in [1.165, 1.54) is 0 Å². The van der Waals surface area contributed by atoms with Gasteiger partial charge >= 0.3 is 10.3 Å². The molecule has 22 heavy (non-hydrogen) atoms. The van der Waals surface area contributed by atoms with E-state index in [9.17, 15) is 18.0 Å². The predicted octanol–water partition coefficient (Wildman–Crippen LogP) is -0.735. The summed E-state index contributed by atoms with van der Waals surface area (Å²) in [5, 5.41) is 0. The maximum atomic E-state index is 12.0. The quantitative estimate of drug-likeness (QED) is 0.305. The minimum atomic E-state index is -4.71. The molecule has 10 heteroatoms. The maximum absolute atomic E-state index is 12.0. The molecule has 1 aromatic carbocycles. The van der Waals surface area contributed by atoms with Gasteiger partial charge in [0.1, 0.15) is 0 Å².